The Labute approximate surface area is 193 Å². The van der Waals surface area contributed by atoms with Crippen LogP contribution in [0.25, 0.3) is 0 Å². The molecule has 0 aliphatic heterocycles. The van der Waals surface area contributed by atoms with Gasteiger partial charge in [-0.1, -0.05) is 34.1 Å². The number of alkyl halides is 1. The number of ether oxygens (including phenoxy) is 1. The molecule has 0 heterocycles. The van der Waals surface area contributed by atoms with Crippen LogP contribution in [0.4, 0.5) is 4.39 Å². The summed E-state index contributed by atoms with van der Waals surface area (Å²) < 4.78 is 19.7. The number of hydrogen-bond acceptors (Lipinski definition) is 4. The maximum Gasteiger partial charge on any atom is 0.305 e. The number of esters is 1. The number of halogens is 1. The maximum absolute atomic E-state index is 14.8. The van der Waals surface area contributed by atoms with E-state index in [0.29, 0.717) is 42.9 Å². The van der Waals surface area contributed by atoms with Crippen molar-refractivity contribution in [3.8, 4) is 0 Å². The molecule has 0 saturated heterocycles. The molecule has 32 heavy (non-hydrogen) atoms. The molecule has 4 saturated carbocycles. The zero-order valence-corrected chi connectivity index (χ0v) is 20.7. The van der Waals surface area contributed by atoms with Crippen LogP contribution in [0.15, 0.2) is 0 Å². The van der Waals surface area contributed by atoms with E-state index in [0.717, 1.165) is 38.5 Å². The summed E-state index contributed by atoms with van der Waals surface area (Å²) in [5, 5.41) is 22.1. The highest BCUT2D eigenvalue weighted by Gasteiger charge is 2.65. The van der Waals surface area contributed by atoms with Crippen molar-refractivity contribution in [1.29, 1.82) is 0 Å². The van der Waals surface area contributed by atoms with Gasteiger partial charge in [-0.05, 0) is 97.2 Å². The molecule has 4 nitrogen and oxygen atoms in total. The van der Waals surface area contributed by atoms with Crippen LogP contribution in [-0.2, 0) is 9.53 Å². The number of aliphatic hydroxyl groups excluding tert-OH is 2. The number of methoxy groups -OCH3 is 1. The third kappa shape index (κ3) is 3.65. The fourth-order valence-electron chi connectivity index (χ4n) is 9.59. The van der Waals surface area contributed by atoms with Gasteiger partial charge in [-0.25, -0.2) is 4.39 Å². The second-order valence-corrected chi connectivity index (χ2v) is 12.3. The van der Waals surface area contributed by atoms with Gasteiger partial charge in [0.05, 0.1) is 19.3 Å². The molecule has 0 spiro atoms. The van der Waals surface area contributed by atoms with Crippen LogP contribution in [0.2, 0.25) is 0 Å². The minimum atomic E-state index is -1.15. The minimum Gasteiger partial charge on any atom is -0.469 e. The molecule has 0 bridgehead atoms. The Hall–Kier alpha value is -0.680. The SMILES string of the molecule is CC[C@H]1[C@@H](O)[C@@H]2[C@H](CC[C@]3(C)[C@@H](C(C)CCC(=O)OC)CC[C@@H]23)[C@@]2(C)C[C@H](F)[C@@H](O)C[C@@H]12. The van der Waals surface area contributed by atoms with Crippen LogP contribution in [0.3, 0.4) is 0 Å². The van der Waals surface area contributed by atoms with E-state index in [1.165, 1.54) is 7.11 Å². The van der Waals surface area contributed by atoms with E-state index in [9.17, 15) is 19.4 Å². The molecule has 0 amide bonds. The third-order valence-corrected chi connectivity index (χ3v) is 11.2. The van der Waals surface area contributed by atoms with E-state index in [1.807, 2.05) is 0 Å². The average molecular weight is 453 g/mol. The Morgan fingerprint density at radius 1 is 1.12 bits per heavy atom. The van der Waals surface area contributed by atoms with Gasteiger partial charge >= 0.3 is 5.97 Å². The molecular weight excluding hydrogens is 407 g/mol. The zero-order valence-electron chi connectivity index (χ0n) is 20.7. The topological polar surface area (TPSA) is 66.8 Å². The van der Waals surface area contributed by atoms with Gasteiger partial charge in [-0.2, -0.15) is 0 Å². The number of aliphatic hydroxyl groups is 2. The summed E-state index contributed by atoms with van der Waals surface area (Å²) in [6, 6.07) is 0. The van der Waals surface area contributed by atoms with Crippen LogP contribution in [0, 0.1) is 52.3 Å². The summed E-state index contributed by atoms with van der Waals surface area (Å²) in [5.41, 5.74) is 0.0294. The maximum atomic E-state index is 14.8. The van der Waals surface area contributed by atoms with Crippen molar-refractivity contribution in [1.82, 2.24) is 0 Å². The minimum absolute atomic E-state index is 0.132. The average Bonchev–Trinajstić information content (AvgIpc) is 3.11. The van der Waals surface area contributed by atoms with Gasteiger partial charge in [0, 0.05) is 6.42 Å². The molecule has 0 aromatic rings. The molecule has 4 fully saturated rings. The van der Waals surface area contributed by atoms with Crippen molar-refractivity contribution in [3.05, 3.63) is 0 Å². The van der Waals surface area contributed by atoms with Gasteiger partial charge in [-0.15, -0.1) is 0 Å². The van der Waals surface area contributed by atoms with E-state index < -0.39 is 12.3 Å². The lowest BCUT2D eigenvalue weighted by Gasteiger charge is -2.65. The van der Waals surface area contributed by atoms with Gasteiger partial charge < -0.3 is 14.9 Å². The Balaban J connectivity index is 1.60. The van der Waals surface area contributed by atoms with Crippen LogP contribution < -0.4 is 0 Å². The van der Waals surface area contributed by atoms with Crippen molar-refractivity contribution >= 4 is 5.97 Å². The van der Waals surface area contributed by atoms with Crippen LogP contribution in [-0.4, -0.2) is 41.7 Å². The summed E-state index contributed by atoms with van der Waals surface area (Å²) in [6.07, 6.45) is 5.20. The molecule has 184 valence electrons. The number of rotatable bonds is 5. The normalized spacial score (nSPS) is 51.3. The first-order valence-corrected chi connectivity index (χ1v) is 13.2. The molecule has 0 aromatic carbocycles. The summed E-state index contributed by atoms with van der Waals surface area (Å²) in [4.78, 5) is 11.7. The van der Waals surface area contributed by atoms with E-state index >= 15 is 0 Å². The molecule has 12 atom stereocenters. The van der Waals surface area contributed by atoms with Crippen molar-refractivity contribution in [2.75, 3.05) is 7.11 Å². The molecular formula is C27H45FO4. The fraction of sp³-hybridized carbons (Fsp3) is 0.963. The molecule has 1 unspecified atom stereocenters. The van der Waals surface area contributed by atoms with E-state index in [1.54, 1.807) is 0 Å². The summed E-state index contributed by atoms with van der Waals surface area (Å²) >= 11 is 0. The van der Waals surface area contributed by atoms with Crippen molar-refractivity contribution < 1.29 is 24.1 Å². The Bertz CT molecular complexity index is 699. The first-order chi connectivity index (χ1) is 15.1. The van der Waals surface area contributed by atoms with Crippen molar-refractivity contribution in [3.63, 3.8) is 0 Å². The van der Waals surface area contributed by atoms with Crippen LogP contribution in [0.5, 0.6) is 0 Å². The smallest absolute Gasteiger partial charge is 0.305 e. The predicted molar refractivity (Wildman–Crippen MR) is 122 cm³/mol. The Kier molecular flexibility index (Phi) is 6.75. The van der Waals surface area contributed by atoms with E-state index in [-0.39, 0.29) is 40.7 Å². The number of carbonyl (C=O) groups excluding carboxylic acids is 1. The summed E-state index contributed by atoms with van der Waals surface area (Å²) in [5.74, 6) is 2.22. The first-order valence-electron chi connectivity index (χ1n) is 13.2. The lowest BCUT2D eigenvalue weighted by Crippen LogP contribution is -2.63. The quantitative estimate of drug-likeness (QED) is 0.566. The van der Waals surface area contributed by atoms with E-state index in [4.69, 9.17) is 4.74 Å². The van der Waals surface area contributed by atoms with Crippen molar-refractivity contribution in [2.45, 2.75) is 104 Å². The standard InChI is InChI=1S/C27H45FO4/c1-6-16-20-13-22(29)21(28)14-27(20,4)19-11-12-26(3)17(15(2)7-10-23(30)32-5)8-9-18(26)24(19)25(16)31/h15-22,24-25,29,31H,6-14H2,1-5H3/t15?,16-,17-,18+,19+,20+,21+,22+,24+,25-,26-,27-/m1/s1. The molecule has 4 rings (SSSR count). The molecule has 0 radical (unpaired) electrons. The van der Waals surface area contributed by atoms with Gasteiger partial charge in [0.1, 0.15) is 6.17 Å². The second-order valence-electron chi connectivity index (χ2n) is 12.3. The highest BCUT2D eigenvalue weighted by Crippen LogP contribution is 2.69. The highest BCUT2D eigenvalue weighted by atomic mass is 19.1. The van der Waals surface area contributed by atoms with E-state index in [2.05, 4.69) is 27.7 Å². The predicted octanol–water partition coefficient (Wildman–Crippen LogP) is 5.15. The van der Waals surface area contributed by atoms with Gasteiger partial charge in [0.2, 0.25) is 0 Å². The molecule has 5 heteroatoms. The van der Waals surface area contributed by atoms with Crippen LogP contribution in [0.1, 0.15) is 85.5 Å². The Morgan fingerprint density at radius 3 is 2.47 bits per heavy atom. The van der Waals surface area contributed by atoms with Gasteiger partial charge in [0.15, 0.2) is 0 Å². The number of carbonyl (C=O) groups is 1. The highest BCUT2D eigenvalue weighted by molar-refractivity contribution is 5.69. The van der Waals surface area contributed by atoms with Gasteiger partial charge in [0.25, 0.3) is 0 Å². The monoisotopic (exact) mass is 452 g/mol. The Morgan fingerprint density at radius 2 is 1.81 bits per heavy atom. The van der Waals surface area contributed by atoms with Crippen LogP contribution >= 0.6 is 0 Å². The molecule has 2 N–H and O–H groups in total. The first kappa shape index (κ1) is 24.4. The molecule has 4 aliphatic carbocycles. The summed E-state index contributed by atoms with van der Waals surface area (Å²) in [7, 11) is 1.45. The number of hydrogen-bond donors (Lipinski definition) is 2. The lowest BCUT2D eigenvalue weighted by atomic mass is 9.41. The zero-order chi connectivity index (χ0) is 23.4. The van der Waals surface area contributed by atoms with Crippen molar-refractivity contribution in [2.24, 2.45) is 52.3 Å². The summed E-state index contributed by atoms with van der Waals surface area (Å²) in [6.45, 7) is 9.14. The van der Waals surface area contributed by atoms with Gasteiger partial charge in [-0.3, -0.25) is 4.79 Å². The number of fused-ring (bicyclic) bond motifs is 5. The fourth-order valence-corrected chi connectivity index (χ4v) is 9.59. The molecule has 0 aromatic heterocycles. The third-order valence-electron chi connectivity index (χ3n) is 11.2. The lowest BCUT2D eigenvalue weighted by molar-refractivity contribution is -0.213. The largest absolute Gasteiger partial charge is 0.469 e. The molecule has 4 aliphatic rings. The second kappa shape index (κ2) is 8.83.